The maximum absolute atomic E-state index is 13.5. The summed E-state index contributed by atoms with van der Waals surface area (Å²) in [6.45, 7) is 5.51. The van der Waals surface area contributed by atoms with Gasteiger partial charge in [0.2, 0.25) is 0 Å². The molecule has 1 aromatic heterocycles. The number of likely N-dealkylation sites (tertiary alicyclic amines) is 1. The van der Waals surface area contributed by atoms with Gasteiger partial charge in [0.25, 0.3) is 5.56 Å². The smallest absolute Gasteiger partial charge is 0.351 e. The predicted molar refractivity (Wildman–Crippen MR) is 151 cm³/mol. The van der Waals surface area contributed by atoms with Crippen LogP contribution in [0.1, 0.15) is 47.7 Å². The first-order valence-corrected chi connectivity index (χ1v) is 13.7. The Hall–Kier alpha value is -4.30. The molecule has 40 heavy (non-hydrogen) atoms. The van der Waals surface area contributed by atoms with Crippen LogP contribution in [0.4, 0.5) is 0 Å². The van der Waals surface area contributed by atoms with Gasteiger partial charge in [0.05, 0.1) is 36.8 Å². The molecular weight excluding hydrogens is 506 g/mol. The fourth-order valence-electron chi connectivity index (χ4n) is 5.24. The van der Waals surface area contributed by atoms with Gasteiger partial charge in [-0.1, -0.05) is 78.4 Å². The maximum Gasteiger partial charge on any atom is 0.351 e. The van der Waals surface area contributed by atoms with E-state index in [0.29, 0.717) is 0 Å². The second-order valence-corrected chi connectivity index (χ2v) is 10.3. The van der Waals surface area contributed by atoms with Crippen molar-refractivity contribution < 1.29 is 24.7 Å². The number of fused-ring (bicyclic) bond motifs is 1. The fraction of sp³-hybridized carbons (Fsp3) is 0.312. The van der Waals surface area contributed by atoms with E-state index >= 15 is 0 Å². The fourth-order valence-corrected chi connectivity index (χ4v) is 5.24. The van der Waals surface area contributed by atoms with Crippen LogP contribution < -0.4 is 15.6 Å². The molecule has 0 aliphatic carbocycles. The van der Waals surface area contributed by atoms with Crippen LogP contribution in [0.25, 0.3) is 10.8 Å². The lowest BCUT2D eigenvalue weighted by atomic mass is 10.0. The molecule has 2 N–H and O–H groups in total. The molecule has 0 radical (unpaired) electrons. The Morgan fingerprint density at radius 3 is 2.25 bits per heavy atom. The number of carboxylic acid groups (broad SMARTS) is 2. The molecule has 3 aromatic carbocycles. The SMILES string of the molecule is Cc1ccc(Cc2nn(C3CCC[NH+](CCc4ccccc4)CC3)c(=O)c3ccccc23)cc1.O=C([O-])C(=O)O. The van der Waals surface area contributed by atoms with E-state index in [1.165, 1.54) is 23.2 Å². The molecule has 1 aliphatic heterocycles. The highest BCUT2D eigenvalue weighted by Crippen LogP contribution is 2.22. The molecule has 2 unspecified atom stereocenters. The predicted octanol–water partition coefficient (Wildman–Crippen LogP) is 1.97. The number of aryl methyl sites for hydroxylation is 1. The molecule has 0 amide bonds. The van der Waals surface area contributed by atoms with E-state index in [9.17, 15) is 4.79 Å². The topological polar surface area (TPSA) is 117 Å². The Balaban J connectivity index is 0.000000557. The summed E-state index contributed by atoms with van der Waals surface area (Å²) >= 11 is 0. The maximum atomic E-state index is 13.5. The second-order valence-electron chi connectivity index (χ2n) is 10.3. The third-order valence-corrected chi connectivity index (χ3v) is 7.43. The molecule has 4 aromatic rings. The third kappa shape index (κ3) is 7.64. The summed E-state index contributed by atoms with van der Waals surface area (Å²) in [6, 6.07) is 27.5. The van der Waals surface area contributed by atoms with Gasteiger partial charge in [-0.15, -0.1) is 0 Å². The largest absolute Gasteiger partial charge is 0.539 e. The Bertz CT molecular complexity index is 1490. The standard InChI is InChI=1S/C30H33N3O.C2H2O4/c1-23-13-15-25(16-14-23)22-29-27-11-5-6-12-28(27)30(34)33(31-29)26-10-7-19-32(21-18-26)20-17-24-8-3-2-4-9-24;3-1(4)2(5)6/h2-6,8-9,11-16,26H,7,10,17-22H2,1H3;(H,3,4)(H,5,6). The van der Waals surface area contributed by atoms with Crippen LogP contribution in [0.2, 0.25) is 0 Å². The van der Waals surface area contributed by atoms with Gasteiger partial charge in [0.15, 0.2) is 5.97 Å². The van der Waals surface area contributed by atoms with Crippen molar-refractivity contribution in [3.63, 3.8) is 0 Å². The van der Waals surface area contributed by atoms with Gasteiger partial charge in [-0.3, -0.25) is 4.79 Å². The lowest BCUT2D eigenvalue weighted by Gasteiger charge is -2.19. The number of carboxylic acids is 2. The number of quaternary nitrogens is 1. The average molecular weight is 542 g/mol. The number of aliphatic carboxylic acids is 2. The zero-order chi connectivity index (χ0) is 28.5. The minimum absolute atomic E-state index is 0.0565. The molecule has 208 valence electrons. The van der Waals surface area contributed by atoms with Crippen LogP contribution in [-0.2, 0) is 22.4 Å². The second kappa shape index (κ2) is 13.7. The normalized spacial score (nSPS) is 16.9. The third-order valence-electron chi connectivity index (χ3n) is 7.43. The number of rotatable bonds is 6. The number of hydrogen-bond acceptors (Lipinski definition) is 5. The molecule has 1 fully saturated rings. The Labute approximate surface area is 233 Å². The number of nitrogens with one attached hydrogen (secondary N) is 1. The number of hydrogen-bond donors (Lipinski definition) is 2. The minimum Gasteiger partial charge on any atom is -0.539 e. The molecule has 8 heteroatoms. The van der Waals surface area contributed by atoms with Gasteiger partial charge >= 0.3 is 5.97 Å². The first-order chi connectivity index (χ1) is 19.3. The summed E-state index contributed by atoms with van der Waals surface area (Å²) in [4.78, 5) is 33.1. The summed E-state index contributed by atoms with van der Waals surface area (Å²) < 4.78 is 1.83. The van der Waals surface area contributed by atoms with Gasteiger partial charge in [-0.25, -0.2) is 9.48 Å². The number of carbonyl (C=O) groups is 2. The molecule has 2 heterocycles. The van der Waals surface area contributed by atoms with Crippen molar-refractivity contribution in [2.45, 2.75) is 45.1 Å². The zero-order valence-corrected chi connectivity index (χ0v) is 22.7. The highest BCUT2D eigenvalue weighted by atomic mass is 16.4. The first kappa shape index (κ1) is 28.7. The summed E-state index contributed by atoms with van der Waals surface area (Å²) in [5.41, 5.74) is 4.94. The number of carbonyl (C=O) groups excluding carboxylic acids is 1. The number of nitrogens with zero attached hydrogens (tertiary/aromatic N) is 2. The van der Waals surface area contributed by atoms with Gasteiger partial charge in [-0.05, 0) is 37.0 Å². The van der Waals surface area contributed by atoms with Crippen LogP contribution >= 0.6 is 0 Å². The molecule has 1 aliphatic rings. The van der Waals surface area contributed by atoms with E-state index < -0.39 is 11.9 Å². The lowest BCUT2D eigenvalue weighted by molar-refractivity contribution is -0.899. The van der Waals surface area contributed by atoms with Crippen LogP contribution in [0.5, 0.6) is 0 Å². The lowest BCUT2D eigenvalue weighted by Crippen LogP contribution is -3.12. The zero-order valence-electron chi connectivity index (χ0n) is 22.7. The highest BCUT2D eigenvalue weighted by Gasteiger charge is 2.24. The van der Waals surface area contributed by atoms with Crippen molar-refractivity contribution in [1.82, 2.24) is 9.78 Å². The molecule has 0 saturated carbocycles. The highest BCUT2D eigenvalue weighted by molar-refractivity contribution is 6.26. The van der Waals surface area contributed by atoms with Crippen LogP contribution in [-0.4, -0.2) is 46.5 Å². The van der Waals surface area contributed by atoms with Gasteiger partial charge < -0.3 is 19.9 Å². The first-order valence-electron chi connectivity index (χ1n) is 13.7. The molecule has 8 nitrogen and oxygen atoms in total. The van der Waals surface area contributed by atoms with Crippen molar-refractivity contribution in [3.8, 4) is 0 Å². The van der Waals surface area contributed by atoms with E-state index in [4.69, 9.17) is 24.9 Å². The Morgan fingerprint density at radius 1 is 0.925 bits per heavy atom. The summed E-state index contributed by atoms with van der Waals surface area (Å²) in [5, 5.41) is 23.1. The van der Waals surface area contributed by atoms with Crippen molar-refractivity contribution in [1.29, 1.82) is 0 Å². The molecule has 0 spiro atoms. The summed E-state index contributed by atoms with van der Waals surface area (Å²) in [7, 11) is 0. The molecule has 0 bridgehead atoms. The minimum atomic E-state index is -2.07. The Kier molecular flexibility index (Phi) is 9.81. The van der Waals surface area contributed by atoms with Crippen molar-refractivity contribution in [2.24, 2.45) is 0 Å². The summed E-state index contributed by atoms with van der Waals surface area (Å²) in [6.07, 6.45) is 4.99. The van der Waals surface area contributed by atoms with E-state index in [2.05, 4.69) is 61.5 Å². The van der Waals surface area contributed by atoms with Crippen LogP contribution in [0.3, 0.4) is 0 Å². The van der Waals surface area contributed by atoms with Crippen LogP contribution in [0.15, 0.2) is 83.7 Å². The molecule has 2 atom stereocenters. The van der Waals surface area contributed by atoms with E-state index in [1.54, 1.807) is 4.90 Å². The van der Waals surface area contributed by atoms with Gasteiger partial charge in [0.1, 0.15) is 0 Å². The monoisotopic (exact) mass is 541 g/mol. The van der Waals surface area contributed by atoms with E-state index in [0.717, 1.165) is 61.7 Å². The van der Waals surface area contributed by atoms with Gasteiger partial charge in [0, 0.05) is 24.6 Å². The van der Waals surface area contributed by atoms with Crippen molar-refractivity contribution >= 4 is 22.7 Å². The Morgan fingerprint density at radius 2 is 1.57 bits per heavy atom. The van der Waals surface area contributed by atoms with Crippen molar-refractivity contribution in [3.05, 3.63) is 112 Å². The van der Waals surface area contributed by atoms with Crippen LogP contribution in [0, 0.1) is 6.92 Å². The van der Waals surface area contributed by atoms with E-state index in [-0.39, 0.29) is 11.6 Å². The molecule has 5 rings (SSSR count). The number of aromatic nitrogens is 2. The molecule has 1 saturated heterocycles. The quantitative estimate of drug-likeness (QED) is 0.361. The van der Waals surface area contributed by atoms with Crippen molar-refractivity contribution in [2.75, 3.05) is 19.6 Å². The van der Waals surface area contributed by atoms with E-state index in [1.807, 2.05) is 28.9 Å². The number of benzene rings is 3. The summed E-state index contributed by atoms with van der Waals surface area (Å²) in [5.74, 6) is -4.01. The van der Waals surface area contributed by atoms with Gasteiger partial charge in [-0.2, -0.15) is 5.10 Å². The average Bonchev–Trinajstić information content (AvgIpc) is 3.21. The molecular formula is C32H35N3O5.